The Labute approximate surface area is 135 Å². The number of sulfonamides is 1. The Balaban J connectivity index is 3.02. The molecule has 1 unspecified atom stereocenters. The van der Waals surface area contributed by atoms with Crippen LogP contribution in [0.15, 0.2) is 35.2 Å². The van der Waals surface area contributed by atoms with Gasteiger partial charge in [-0.05, 0) is 12.1 Å². The van der Waals surface area contributed by atoms with E-state index in [0.29, 0.717) is 0 Å². The standard InChI is InChI=1S/C10H10Cl3N3O4S/c11-10(12,13)9(15-8(18)7(14)17)16-21(19,20)6-4-2-1-3-5-6/h1-5,9,16H,(H2,14,17)(H,15,18). The van der Waals surface area contributed by atoms with E-state index in [1.165, 1.54) is 24.3 Å². The van der Waals surface area contributed by atoms with E-state index in [1.807, 2.05) is 10.0 Å². The molecule has 116 valence electrons. The van der Waals surface area contributed by atoms with Gasteiger partial charge in [0.15, 0.2) is 0 Å². The van der Waals surface area contributed by atoms with Crippen molar-refractivity contribution in [2.45, 2.75) is 14.9 Å². The summed E-state index contributed by atoms with van der Waals surface area (Å²) in [6, 6.07) is 7.18. The van der Waals surface area contributed by atoms with Crippen molar-refractivity contribution in [1.82, 2.24) is 10.0 Å². The molecule has 0 saturated heterocycles. The summed E-state index contributed by atoms with van der Waals surface area (Å²) in [5, 5.41) is 1.88. The molecule has 0 aliphatic carbocycles. The second-order valence-corrected chi connectivity index (χ2v) is 7.83. The number of amides is 2. The van der Waals surface area contributed by atoms with Gasteiger partial charge in [0.25, 0.3) is 0 Å². The van der Waals surface area contributed by atoms with Crippen molar-refractivity contribution < 1.29 is 18.0 Å². The fraction of sp³-hybridized carbons (Fsp3) is 0.200. The van der Waals surface area contributed by atoms with Gasteiger partial charge in [0, 0.05) is 0 Å². The molecule has 0 radical (unpaired) electrons. The van der Waals surface area contributed by atoms with Crippen LogP contribution >= 0.6 is 34.8 Å². The van der Waals surface area contributed by atoms with Gasteiger partial charge in [0.1, 0.15) is 6.17 Å². The van der Waals surface area contributed by atoms with E-state index in [-0.39, 0.29) is 4.90 Å². The van der Waals surface area contributed by atoms with Crippen LogP contribution in [-0.2, 0) is 19.6 Å². The lowest BCUT2D eigenvalue weighted by Crippen LogP contribution is -2.57. The van der Waals surface area contributed by atoms with Crippen molar-refractivity contribution in [3.8, 4) is 0 Å². The molecule has 7 nitrogen and oxygen atoms in total. The normalized spacial score (nSPS) is 13.5. The third kappa shape index (κ3) is 5.33. The molecular formula is C10H10Cl3N3O4S. The Morgan fingerprint density at radius 3 is 2.10 bits per heavy atom. The Bertz CT molecular complexity index is 631. The minimum Gasteiger partial charge on any atom is -0.361 e. The number of carbonyl (C=O) groups is 2. The topological polar surface area (TPSA) is 118 Å². The molecule has 2 amide bonds. The minimum atomic E-state index is -4.08. The number of hydrogen-bond donors (Lipinski definition) is 3. The number of alkyl halides is 3. The SMILES string of the molecule is NC(=O)C(=O)NC(NS(=O)(=O)c1ccccc1)C(Cl)(Cl)Cl. The number of primary amides is 1. The highest BCUT2D eigenvalue weighted by Gasteiger charge is 2.38. The molecule has 1 atom stereocenters. The maximum absolute atomic E-state index is 12.1. The van der Waals surface area contributed by atoms with Crippen LogP contribution in [0.3, 0.4) is 0 Å². The third-order valence-corrected chi connectivity index (χ3v) is 4.25. The van der Waals surface area contributed by atoms with Crippen molar-refractivity contribution in [3.63, 3.8) is 0 Å². The molecule has 1 aromatic carbocycles. The van der Waals surface area contributed by atoms with E-state index in [9.17, 15) is 18.0 Å². The van der Waals surface area contributed by atoms with Crippen LogP contribution in [0, 0.1) is 0 Å². The predicted octanol–water partition coefficient (Wildman–Crippen LogP) is 0.263. The molecule has 0 saturated carbocycles. The predicted molar refractivity (Wildman–Crippen MR) is 78.2 cm³/mol. The van der Waals surface area contributed by atoms with Crippen LogP contribution in [0.2, 0.25) is 0 Å². The van der Waals surface area contributed by atoms with Crippen LogP contribution in [0.5, 0.6) is 0 Å². The molecule has 0 heterocycles. The van der Waals surface area contributed by atoms with Crippen LogP contribution in [0.1, 0.15) is 0 Å². The molecule has 0 fully saturated rings. The molecule has 1 aromatic rings. The first-order chi connectivity index (χ1) is 9.54. The smallest absolute Gasteiger partial charge is 0.310 e. The molecule has 0 spiro atoms. The lowest BCUT2D eigenvalue weighted by molar-refractivity contribution is -0.137. The number of nitrogens with one attached hydrogen (secondary N) is 2. The Morgan fingerprint density at radius 1 is 1.14 bits per heavy atom. The van der Waals surface area contributed by atoms with Gasteiger partial charge in [-0.25, -0.2) is 8.42 Å². The van der Waals surface area contributed by atoms with Gasteiger partial charge in [0.2, 0.25) is 13.8 Å². The highest BCUT2D eigenvalue weighted by molar-refractivity contribution is 7.89. The summed E-state index contributed by atoms with van der Waals surface area (Å²) in [7, 11) is -4.08. The first-order valence-electron chi connectivity index (χ1n) is 5.28. The monoisotopic (exact) mass is 373 g/mol. The first kappa shape index (κ1) is 18.0. The third-order valence-electron chi connectivity index (χ3n) is 2.15. The zero-order valence-electron chi connectivity index (χ0n) is 10.2. The molecule has 0 aromatic heterocycles. The molecule has 0 aliphatic heterocycles. The lowest BCUT2D eigenvalue weighted by atomic mass is 10.4. The summed E-state index contributed by atoms with van der Waals surface area (Å²) in [4.78, 5) is 21.8. The maximum atomic E-state index is 12.1. The van der Waals surface area contributed by atoms with Crippen LogP contribution in [0.4, 0.5) is 0 Å². The second kappa shape index (κ2) is 6.80. The zero-order valence-corrected chi connectivity index (χ0v) is 13.3. The molecule has 1 rings (SSSR count). The van der Waals surface area contributed by atoms with Gasteiger partial charge in [-0.15, -0.1) is 0 Å². The Hall–Kier alpha value is -1.06. The van der Waals surface area contributed by atoms with Crippen molar-refractivity contribution in [3.05, 3.63) is 30.3 Å². The minimum absolute atomic E-state index is 0.113. The largest absolute Gasteiger partial charge is 0.361 e. The summed E-state index contributed by atoms with van der Waals surface area (Å²) in [6.45, 7) is 0. The summed E-state index contributed by atoms with van der Waals surface area (Å²) < 4.78 is 23.9. The van der Waals surface area contributed by atoms with Crippen LogP contribution in [-0.4, -0.2) is 30.2 Å². The van der Waals surface area contributed by atoms with Crippen molar-refractivity contribution in [2.24, 2.45) is 5.73 Å². The zero-order chi connectivity index (χ0) is 16.3. The average molecular weight is 375 g/mol. The number of rotatable bonds is 4. The van der Waals surface area contributed by atoms with Gasteiger partial charge in [-0.2, -0.15) is 4.72 Å². The molecule has 4 N–H and O–H groups in total. The van der Waals surface area contributed by atoms with Crippen LogP contribution < -0.4 is 15.8 Å². The number of benzene rings is 1. The number of carbonyl (C=O) groups excluding carboxylic acids is 2. The highest BCUT2D eigenvalue weighted by Crippen LogP contribution is 2.30. The van der Waals surface area contributed by atoms with Gasteiger partial charge >= 0.3 is 11.8 Å². The summed E-state index contributed by atoms with van der Waals surface area (Å²) in [6.07, 6.45) is -1.69. The Kier molecular flexibility index (Phi) is 5.83. The van der Waals surface area contributed by atoms with E-state index in [2.05, 4.69) is 0 Å². The fourth-order valence-electron chi connectivity index (χ4n) is 1.20. The first-order valence-corrected chi connectivity index (χ1v) is 7.90. The average Bonchev–Trinajstić information content (AvgIpc) is 2.37. The van der Waals surface area contributed by atoms with Crippen molar-refractivity contribution >= 4 is 56.6 Å². The van der Waals surface area contributed by atoms with E-state index in [0.717, 1.165) is 0 Å². The van der Waals surface area contributed by atoms with E-state index < -0.39 is 31.8 Å². The molecule has 0 aliphatic rings. The molecule has 11 heteroatoms. The number of hydrogen-bond acceptors (Lipinski definition) is 4. The fourth-order valence-corrected chi connectivity index (χ4v) is 2.92. The molecule has 21 heavy (non-hydrogen) atoms. The van der Waals surface area contributed by atoms with Gasteiger partial charge in [-0.1, -0.05) is 53.0 Å². The van der Waals surface area contributed by atoms with Crippen molar-refractivity contribution in [1.29, 1.82) is 0 Å². The Morgan fingerprint density at radius 2 is 1.67 bits per heavy atom. The van der Waals surface area contributed by atoms with Crippen molar-refractivity contribution in [2.75, 3.05) is 0 Å². The molecular weight excluding hydrogens is 365 g/mol. The van der Waals surface area contributed by atoms with E-state index in [1.54, 1.807) is 6.07 Å². The molecule has 0 bridgehead atoms. The van der Waals surface area contributed by atoms with Crippen LogP contribution in [0.25, 0.3) is 0 Å². The van der Waals surface area contributed by atoms with Gasteiger partial charge in [0.05, 0.1) is 4.90 Å². The van der Waals surface area contributed by atoms with E-state index >= 15 is 0 Å². The second-order valence-electron chi connectivity index (χ2n) is 3.75. The lowest BCUT2D eigenvalue weighted by Gasteiger charge is -2.25. The number of nitrogens with two attached hydrogens (primary N) is 1. The quantitative estimate of drug-likeness (QED) is 0.398. The maximum Gasteiger partial charge on any atom is 0.310 e. The summed E-state index contributed by atoms with van der Waals surface area (Å²) in [5.41, 5.74) is 4.74. The number of halogens is 3. The summed E-state index contributed by atoms with van der Waals surface area (Å²) >= 11 is 16.7. The van der Waals surface area contributed by atoms with Gasteiger partial charge < -0.3 is 11.1 Å². The highest BCUT2D eigenvalue weighted by atomic mass is 35.6. The van der Waals surface area contributed by atoms with Gasteiger partial charge in [-0.3, -0.25) is 9.59 Å². The van der Waals surface area contributed by atoms with E-state index in [4.69, 9.17) is 40.5 Å². The summed E-state index contributed by atoms with van der Waals surface area (Å²) in [5.74, 6) is -2.66.